The minimum atomic E-state index is -0.217. The molecule has 5 heteroatoms. The Morgan fingerprint density at radius 2 is 2.32 bits per heavy atom. The van der Waals surface area contributed by atoms with Gasteiger partial charge < -0.3 is 14.7 Å². The van der Waals surface area contributed by atoms with E-state index < -0.39 is 0 Å². The van der Waals surface area contributed by atoms with E-state index in [4.69, 9.17) is 4.74 Å². The van der Waals surface area contributed by atoms with Gasteiger partial charge in [0.1, 0.15) is 11.9 Å². The van der Waals surface area contributed by atoms with E-state index in [0.717, 1.165) is 11.3 Å². The van der Waals surface area contributed by atoms with Crippen LogP contribution in [-0.2, 0) is 4.74 Å². The van der Waals surface area contributed by atoms with Gasteiger partial charge in [0.15, 0.2) is 0 Å². The molecule has 0 saturated carbocycles. The predicted molar refractivity (Wildman–Crippen MR) is 72.1 cm³/mol. The Kier molecular flexibility index (Phi) is 4.03. The first-order valence-electron chi connectivity index (χ1n) is 6.44. The van der Waals surface area contributed by atoms with Gasteiger partial charge in [-0.2, -0.15) is 5.26 Å². The van der Waals surface area contributed by atoms with Crippen molar-refractivity contribution in [1.82, 2.24) is 4.98 Å². The van der Waals surface area contributed by atoms with Crippen molar-refractivity contribution in [1.29, 1.82) is 5.26 Å². The van der Waals surface area contributed by atoms with Gasteiger partial charge in [-0.25, -0.2) is 4.98 Å². The van der Waals surface area contributed by atoms with Gasteiger partial charge in [0, 0.05) is 12.2 Å². The molecule has 1 aromatic heterocycles. The number of rotatable bonds is 2. The number of ether oxygens (including phenoxy) is 1. The molecule has 1 aliphatic heterocycles. The monoisotopic (exact) mass is 261 g/mol. The number of hydrogen-bond acceptors (Lipinski definition) is 5. The van der Waals surface area contributed by atoms with Crippen LogP contribution in [0.2, 0.25) is 0 Å². The Bertz CT molecular complexity index is 510. The van der Waals surface area contributed by atoms with Crippen LogP contribution in [0.4, 0.5) is 5.82 Å². The summed E-state index contributed by atoms with van der Waals surface area (Å²) >= 11 is 0. The number of nitriles is 1. The van der Waals surface area contributed by atoms with Crippen LogP contribution in [0, 0.1) is 25.2 Å². The summed E-state index contributed by atoms with van der Waals surface area (Å²) in [5.41, 5.74) is 2.44. The first-order chi connectivity index (χ1) is 9.06. The molecule has 1 aromatic rings. The Hall–Kier alpha value is -1.64. The molecular weight excluding hydrogens is 242 g/mol. The third-order valence-electron chi connectivity index (χ3n) is 3.42. The Morgan fingerprint density at radius 1 is 1.58 bits per heavy atom. The van der Waals surface area contributed by atoms with E-state index in [1.165, 1.54) is 0 Å². The highest BCUT2D eigenvalue weighted by molar-refractivity contribution is 5.59. The zero-order chi connectivity index (χ0) is 14.0. The number of hydrogen-bond donors (Lipinski definition) is 1. The van der Waals surface area contributed by atoms with Crippen LogP contribution in [0.3, 0.4) is 0 Å². The minimum absolute atomic E-state index is 0.0180. The van der Waals surface area contributed by atoms with Crippen molar-refractivity contribution in [3.05, 3.63) is 22.9 Å². The van der Waals surface area contributed by atoms with Gasteiger partial charge >= 0.3 is 0 Å². The topological polar surface area (TPSA) is 69.4 Å². The number of anilines is 1. The number of aliphatic hydroxyl groups excluding tert-OH is 1. The Balaban J connectivity index is 2.42. The van der Waals surface area contributed by atoms with Gasteiger partial charge in [-0.15, -0.1) is 0 Å². The predicted octanol–water partition coefficient (Wildman–Crippen LogP) is 1.16. The summed E-state index contributed by atoms with van der Waals surface area (Å²) in [5.74, 6) is 0.703. The molecule has 2 heterocycles. The second-order valence-electron chi connectivity index (χ2n) is 5.03. The molecule has 2 atom stereocenters. The lowest BCUT2D eigenvalue weighted by Gasteiger charge is -2.38. The summed E-state index contributed by atoms with van der Waals surface area (Å²) in [6, 6.07) is 4.29. The zero-order valence-corrected chi connectivity index (χ0v) is 11.6. The fourth-order valence-corrected chi connectivity index (χ4v) is 2.39. The van der Waals surface area contributed by atoms with E-state index in [2.05, 4.69) is 16.0 Å². The van der Waals surface area contributed by atoms with E-state index in [1.54, 1.807) is 0 Å². The maximum absolute atomic E-state index is 9.33. The van der Waals surface area contributed by atoms with Crippen molar-refractivity contribution in [3.8, 4) is 6.07 Å². The summed E-state index contributed by atoms with van der Waals surface area (Å²) in [4.78, 5) is 6.57. The molecule has 1 N–H and O–H groups in total. The quantitative estimate of drug-likeness (QED) is 0.865. The van der Waals surface area contributed by atoms with Crippen molar-refractivity contribution < 1.29 is 9.84 Å². The number of aromatic nitrogens is 1. The summed E-state index contributed by atoms with van der Waals surface area (Å²) in [7, 11) is 0. The second-order valence-corrected chi connectivity index (χ2v) is 5.03. The highest BCUT2D eigenvalue weighted by Gasteiger charge is 2.28. The summed E-state index contributed by atoms with van der Waals surface area (Å²) in [6.45, 7) is 6.95. The van der Waals surface area contributed by atoms with E-state index >= 15 is 0 Å². The lowest BCUT2D eigenvalue weighted by atomic mass is 10.1. The maximum atomic E-state index is 9.33. The van der Waals surface area contributed by atoms with Gasteiger partial charge in [-0.05, 0) is 32.4 Å². The molecule has 2 rings (SSSR count). The molecule has 0 radical (unpaired) electrons. The van der Waals surface area contributed by atoms with Gasteiger partial charge in [-0.3, -0.25) is 0 Å². The summed E-state index contributed by atoms with van der Waals surface area (Å²) < 4.78 is 5.52. The van der Waals surface area contributed by atoms with Crippen LogP contribution >= 0.6 is 0 Å². The molecule has 0 aliphatic carbocycles. The maximum Gasteiger partial charge on any atom is 0.147 e. The SMILES string of the molecule is Cc1cc(C)c(C#N)c(N2CC(CO)OCC2C)n1. The second kappa shape index (κ2) is 5.55. The lowest BCUT2D eigenvalue weighted by molar-refractivity contribution is -0.0106. The number of pyridine rings is 1. The lowest BCUT2D eigenvalue weighted by Crippen LogP contribution is -2.50. The molecule has 0 spiro atoms. The molecule has 1 saturated heterocycles. The van der Waals surface area contributed by atoms with Crippen LogP contribution in [0.5, 0.6) is 0 Å². The molecule has 2 unspecified atom stereocenters. The first kappa shape index (κ1) is 13.8. The van der Waals surface area contributed by atoms with E-state index in [1.807, 2.05) is 26.8 Å². The van der Waals surface area contributed by atoms with Crippen molar-refractivity contribution in [3.63, 3.8) is 0 Å². The van der Waals surface area contributed by atoms with Crippen molar-refractivity contribution in [2.24, 2.45) is 0 Å². The molecular formula is C14H19N3O2. The largest absolute Gasteiger partial charge is 0.394 e. The minimum Gasteiger partial charge on any atom is -0.394 e. The Morgan fingerprint density at radius 3 is 2.95 bits per heavy atom. The van der Waals surface area contributed by atoms with Crippen LogP contribution in [0.25, 0.3) is 0 Å². The van der Waals surface area contributed by atoms with Gasteiger partial charge in [0.05, 0.1) is 30.9 Å². The average molecular weight is 261 g/mol. The molecule has 5 nitrogen and oxygen atoms in total. The van der Waals surface area contributed by atoms with Gasteiger partial charge in [0.25, 0.3) is 0 Å². The summed E-state index contributed by atoms with van der Waals surface area (Å²) in [6.07, 6.45) is -0.217. The van der Waals surface area contributed by atoms with Crippen LogP contribution < -0.4 is 4.90 Å². The van der Waals surface area contributed by atoms with Crippen molar-refractivity contribution in [2.75, 3.05) is 24.7 Å². The third kappa shape index (κ3) is 2.70. The number of morpholine rings is 1. The summed E-state index contributed by atoms with van der Waals surface area (Å²) in [5, 5.41) is 18.6. The third-order valence-corrected chi connectivity index (χ3v) is 3.42. The molecule has 102 valence electrons. The zero-order valence-electron chi connectivity index (χ0n) is 11.6. The van der Waals surface area contributed by atoms with Gasteiger partial charge in [0.2, 0.25) is 0 Å². The van der Waals surface area contributed by atoms with Crippen LogP contribution in [0.1, 0.15) is 23.7 Å². The molecule has 0 amide bonds. The smallest absolute Gasteiger partial charge is 0.147 e. The van der Waals surface area contributed by atoms with Crippen molar-refractivity contribution >= 4 is 5.82 Å². The highest BCUT2D eigenvalue weighted by atomic mass is 16.5. The number of nitrogens with zero attached hydrogens (tertiary/aromatic N) is 3. The van der Waals surface area contributed by atoms with Crippen LogP contribution in [0.15, 0.2) is 6.07 Å². The fraction of sp³-hybridized carbons (Fsp3) is 0.571. The number of aryl methyl sites for hydroxylation is 2. The Labute approximate surface area is 113 Å². The van der Waals surface area contributed by atoms with Crippen LogP contribution in [-0.4, -0.2) is 42.0 Å². The van der Waals surface area contributed by atoms with E-state index in [9.17, 15) is 10.4 Å². The standard InChI is InChI=1S/C14H19N3O2/c1-9-4-10(2)16-14(13(9)5-15)17-6-12(7-18)19-8-11(17)3/h4,11-12,18H,6-8H2,1-3H3. The highest BCUT2D eigenvalue weighted by Crippen LogP contribution is 2.26. The normalized spacial score (nSPS) is 23.2. The average Bonchev–Trinajstić information content (AvgIpc) is 2.38. The molecule has 0 aromatic carbocycles. The first-order valence-corrected chi connectivity index (χ1v) is 6.44. The number of aliphatic hydroxyl groups is 1. The fourth-order valence-electron chi connectivity index (χ4n) is 2.39. The molecule has 1 aliphatic rings. The molecule has 1 fully saturated rings. The van der Waals surface area contributed by atoms with E-state index in [-0.39, 0.29) is 18.8 Å². The van der Waals surface area contributed by atoms with E-state index in [0.29, 0.717) is 24.5 Å². The van der Waals surface area contributed by atoms with Crippen molar-refractivity contribution in [2.45, 2.75) is 32.9 Å². The molecule has 19 heavy (non-hydrogen) atoms. The van der Waals surface area contributed by atoms with Gasteiger partial charge in [-0.1, -0.05) is 0 Å². The molecule has 0 bridgehead atoms.